The van der Waals surface area contributed by atoms with Crippen molar-refractivity contribution >= 4 is 16.9 Å². The van der Waals surface area contributed by atoms with Crippen molar-refractivity contribution in [2.24, 2.45) is 7.05 Å². The molecule has 35 heavy (non-hydrogen) atoms. The Morgan fingerprint density at radius 1 is 1.23 bits per heavy atom. The summed E-state index contributed by atoms with van der Waals surface area (Å²) < 4.78 is 13.2. The molecule has 5 rings (SSSR count). The molecule has 1 aliphatic heterocycles. The van der Waals surface area contributed by atoms with E-state index in [1.165, 1.54) is 0 Å². The van der Waals surface area contributed by atoms with Crippen LogP contribution >= 0.6 is 0 Å². The first-order chi connectivity index (χ1) is 17.0. The Morgan fingerprint density at radius 2 is 2.03 bits per heavy atom. The third kappa shape index (κ3) is 5.49. The predicted molar refractivity (Wildman–Crippen MR) is 135 cm³/mol. The molecular formula is C27H35N5O3. The van der Waals surface area contributed by atoms with Gasteiger partial charge in [-0.3, -0.25) is 14.4 Å². The molecule has 2 aromatic heterocycles. The number of hydrogen-bond acceptors (Lipinski definition) is 6. The Kier molecular flexibility index (Phi) is 7.02. The van der Waals surface area contributed by atoms with Gasteiger partial charge in [0.25, 0.3) is 5.91 Å². The van der Waals surface area contributed by atoms with E-state index in [0.717, 1.165) is 79.2 Å². The lowest BCUT2D eigenvalue weighted by Crippen LogP contribution is -2.38. The number of pyridine rings is 1. The van der Waals surface area contributed by atoms with Crippen molar-refractivity contribution in [2.45, 2.75) is 51.1 Å². The molecule has 1 aromatic carbocycles. The van der Waals surface area contributed by atoms with Crippen molar-refractivity contribution in [1.82, 2.24) is 25.0 Å². The van der Waals surface area contributed by atoms with Crippen LogP contribution in [-0.2, 0) is 18.3 Å². The summed E-state index contributed by atoms with van der Waals surface area (Å²) in [5, 5.41) is 8.43. The SMILES string of the molecule is Cc1nn(C)c2nc(C3CC3)cc(C(=O)NCc3cccc(OCCN(C)C4CCOCC4)c3)c12. The highest BCUT2D eigenvalue weighted by Crippen LogP contribution is 2.40. The summed E-state index contributed by atoms with van der Waals surface area (Å²) in [6.07, 6.45) is 4.43. The van der Waals surface area contributed by atoms with E-state index in [0.29, 0.717) is 30.7 Å². The fraction of sp³-hybridized carbons (Fsp3) is 0.519. The lowest BCUT2D eigenvalue weighted by atomic mass is 10.1. The van der Waals surface area contributed by atoms with Crippen molar-refractivity contribution in [1.29, 1.82) is 0 Å². The van der Waals surface area contributed by atoms with Gasteiger partial charge in [0, 0.05) is 51.0 Å². The maximum atomic E-state index is 13.2. The highest BCUT2D eigenvalue weighted by Gasteiger charge is 2.28. The average Bonchev–Trinajstić information content (AvgIpc) is 3.68. The van der Waals surface area contributed by atoms with Crippen LogP contribution in [0.25, 0.3) is 11.0 Å². The molecule has 2 aliphatic rings. The number of fused-ring (bicyclic) bond motifs is 1. The molecule has 1 saturated carbocycles. The largest absolute Gasteiger partial charge is 0.492 e. The summed E-state index contributed by atoms with van der Waals surface area (Å²) in [5.41, 5.74) is 4.25. The molecule has 0 spiro atoms. The van der Waals surface area contributed by atoms with E-state index in [4.69, 9.17) is 14.5 Å². The molecule has 0 bridgehead atoms. The van der Waals surface area contributed by atoms with Gasteiger partial charge in [-0.1, -0.05) is 12.1 Å². The normalized spacial score (nSPS) is 16.7. The minimum Gasteiger partial charge on any atom is -0.492 e. The zero-order valence-corrected chi connectivity index (χ0v) is 20.9. The molecule has 8 nitrogen and oxygen atoms in total. The van der Waals surface area contributed by atoms with Crippen LogP contribution < -0.4 is 10.1 Å². The number of benzene rings is 1. The van der Waals surface area contributed by atoms with Gasteiger partial charge in [0.1, 0.15) is 12.4 Å². The van der Waals surface area contributed by atoms with Gasteiger partial charge in [0.05, 0.1) is 16.6 Å². The molecule has 1 saturated heterocycles. The number of likely N-dealkylation sites (N-methyl/N-ethyl adjacent to an activating group) is 1. The third-order valence-corrected chi connectivity index (χ3v) is 7.11. The molecular weight excluding hydrogens is 442 g/mol. The van der Waals surface area contributed by atoms with Gasteiger partial charge >= 0.3 is 0 Å². The van der Waals surface area contributed by atoms with Crippen LogP contribution in [-0.4, -0.2) is 65.0 Å². The molecule has 1 N–H and O–H groups in total. The number of nitrogens with zero attached hydrogens (tertiary/aromatic N) is 4. The number of amides is 1. The number of aromatic nitrogens is 3. The second-order valence-corrected chi connectivity index (χ2v) is 9.78. The third-order valence-electron chi connectivity index (χ3n) is 7.11. The molecule has 0 atom stereocenters. The quantitative estimate of drug-likeness (QED) is 0.507. The fourth-order valence-electron chi connectivity index (χ4n) is 4.87. The van der Waals surface area contributed by atoms with Gasteiger partial charge in [0.15, 0.2) is 5.65 Å². The van der Waals surface area contributed by atoms with Crippen LogP contribution in [0.15, 0.2) is 30.3 Å². The Hall–Kier alpha value is -2.97. The first-order valence-electron chi connectivity index (χ1n) is 12.6. The van der Waals surface area contributed by atoms with E-state index >= 15 is 0 Å². The van der Waals surface area contributed by atoms with Gasteiger partial charge in [0.2, 0.25) is 0 Å². The second kappa shape index (κ2) is 10.3. The monoisotopic (exact) mass is 477 g/mol. The maximum Gasteiger partial charge on any atom is 0.252 e. The van der Waals surface area contributed by atoms with Gasteiger partial charge < -0.3 is 14.8 Å². The van der Waals surface area contributed by atoms with Crippen molar-refractivity contribution in [3.05, 3.63) is 52.8 Å². The number of carbonyl (C=O) groups is 1. The van der Waals surface area contributed by atoms with Gasteiger partial charge in [-0.05, 0) is 63.4 Å². The van der Waals surface area contributed by atoms with Crippen LogP contribution in [0.4, 0.5) is 0 Å². The zero-order valence-electron chi connectivity index (χ0n) is 20.9. The van der Waals surface area contributed by atoms with E-state index in [1.807, 2.05) is 44.3 Å². The molecule has 3 heterocycles. The van der Waals surface area contributed by atoms with Crippen molar-refractivity contribution in [3.8, 4) is 5.75 Å². The number of carbonyl (C=O) groups excluding carboxylic acids is 1. The minimum atomic E-state index is -0.0974. The van der Waals surface area contributed by atoms with E-state index in [-0.39, 0.29) is 5.91 Å². The lowest BCUT2D eigenvalue weighted by molar-refractivity contribution is 0.0392. The molecule has 0 unspecified atom stereocenters. The fourth-order valence-corrected chi connectivity index (χ4v) is 4.87. The van der Waals surface area contributed by atoms with Crippen LogP contribution in [0.2, 0.25) is 0 Å². The smallest absolute Gasteiger partial charge is 0.252 e. The van der Waals surface area contributed by atoms with Crippen LogP contribution in [0.1, 0.15) is 58.9 Å². The molecule has 3 aromatic rings. The predicted octanol–water partition coefficient (Wildman–Crippen LogP) is 3.57. The van der Waals surface area contributed by atoms with E-state index < -0.39 is 0 Å². The zero-order chi connectivity index (χ0) is 24.4. The molecule has 186 valence electrons. The summed E-state index contributed by atoms with van der Waals surface area (Å²) >= 11 is 0. The summed E-state index contributed by atoms with van der Waals surface area (Å²) in [6, 6.07) is 10.5. The second-order valence-electron chi connectivity index (χ2n) is 9.78. The number of hydrogen-bond donors (Lipinski definition) is 1. The topological polar surface area (TPSA) is 81.5 Å². The van der Waals surface area contributed by atoms with Crippen molar-refractivity contribution in [3.63, 3.8) is 0 Å². The first-order valence-corrected chi connectivity index (χ1v) is 12.6. The van der Waals surface area contributed by atoms with E-state index in [9.17, 15) is 4.79 Å². The standard InChI is InChI=1S/C27H35N5O3/c1-18-25-23(16-24(20-7-8-20)29-26(25)32(3)30-18)27(33)28-17-19-5-4-6-22(15-19)35-14-11-31(2)21-9-12-34-13-10-21/h4-6,15-16,20-21H,7-14,17H2,1-3H3,(H,28,33). The molecule has 0 radical (unpaired) electrons. The Labute approximate surface area is 206 Å². The van der Waals surface area contributed by atoms with Gasteiger partial charge in [-0.25, -0.2) is 4.98 Å². The van der Waals surface area contributed by atoms with Gasteiger partial charge in [-0.2, -0.15) is 5.10 Å². The Balaban J connectivity index is 1.20. The van der Waals surface area contributed by atoms with Crippen LogP contribution in [0.5, 0.6) is 5.75 Å². The lowest BCUT2D eigenvalue weighted by Gasteiger charge is -2.31. The maximum absolute atomic E-state index is 13.2. The molecule has 8 heteroatoms. The molecule has 1 amide bonds. The van der Waals surface area contributed by atoms with Crippen molar-refractivity contribution < 1.29 is 14.3 Å². The number of ether oxygens (including phenoxy) is 2. The van der Waals surface area contributed by atoms with E-state index in [1.54, 1.807) is 4.68 Å². The highest BCUT2D eigenvalue weighted by atomic mass is 16.5. The first kappa shape index (κ1) is 23.8. The minimum absolute atomic E-state index is 0.0974. The number of rotatable bonds is 9. The van der Waals surface area contributed by atoms with Crippen molar-refractivity contribution in [2.75, 3.05) is 33.4 Å². The summed E-state index contributed by atoms with van der Waals surface area (Å²) in [6.45, 7) is 5.55. The number of aryl methyl sites for hydroxylation is 2. The highest BCUT2D eigenvalue weighted by molar-refractivity contribution is 6.06. The van der Waals surface area contributed by atoms with Gasteiger partial charge in [-0.15, -0.1) is 0 Å². The molecule has 2 fully saturated rings. The average molecular weight is 478 g/mol. The number of nitrogens with one attached hydrogen (secondary N) is 1. The Morgan fingerprint density at radius 3 is 2.80 bits per heavy atom. The summed E-state index contributed by atoms with van der Waals surface area (Å²) in [7, 11) is 4.04. The summed E-state index contributed by atoms with van der Waals surface area (Å²) in [5.74, 6) is 1.18. The Bertz CT molecular complexity index is 1200. The van der Waals surface area contributed by atoms with Crippen LogP contribution in [0.3, 0.4) is 0 Å². The van der Waals surface area contributed by atoms with E-state index in [2.05, 4.69) is 22.4 Å². The molecule has 1 aliphatic carbocycles. The van der Waals surface area contributed by atoms with Crippen LogP contribution in [0, 0.1) is 6.92 Å². The summed E-state index contributed by atoms with van der Waals surface area (Å²) in [4.78, 5) is 20.4.